The fraction of sp³-hybridized carbons (Fsp3) is 0.276. The number of carbonyl (C=O) groups excluding carboxylic acids is 2. The van der Waals surface area contributed by atoms with Gasteiger partial charge in [-0.3, -0.25) is 10.1 Å². The Balaban J connectivity index is 1.83. The molecule has 0 aliphatic carbocycles. The highest BCUT2D eigenvalue weighted by atomic mass is 16.5. The van der Waals surface area contributed by atoms with Gasteiger partial charge in [0, 0.05) is 35.2 Å². The average Bonchev–Trinajstić information content (AvgIpc) is 2.88. The second kappa shape index (κ2) is 11.9. The molecule has 0 aliphatic heterocycles. The Morgan fingerprint density at radius 2 is 1.71 bits per heavy atom. The number of hydrogen-bond donors (Lipinski definition) is 4. The molecular formula is C29H33N5O4. The van der Waals surface area contributed by atoms with Crippen molar-refractivity contribution in [1.29, 1.82) is 0 Å². The first-order valence-electron chi connectivity index (χ1n) is 12.5. The van der Waals surface area contributed by atoms with E-state index in [1.807, 2.05) is 62.3 Å². The first kappa shape index (κ1) is 26.8. The van der Waals surface area contributed by atoms with Gasteiger partial charge in [0.25, 0.3) is 5.91 Å². The zero-order valence-electron chi connectivity index (χ0n) is 22.1. The molecule has 2 amide bonds. The third-order valence-corrected chi connectivity index (χ3v) is 6.09. The number of rotatable bonds is 9. The zero-order chi connectivity index (χ0) is 27.2. The molecule has 9 nitrogen and oxygen atoms in total. The van der Waals surface area contributed by atoms with E-state index in [1.165, 1.54) is 0 Å². The summed E-state index contributed by atoms with van der Waals surface area (Å²) in [6, 6.07) is 16.7. The van der Waals surface area contributed by atoms with Gasteiger partial charge in [-0.1, -0.05) is 30.3 Å². The van der Waals surface area contributed by atoms with Crippen LogP contribution in [0.25, 0.3) is 21.8 Å². The smallest absolute Gasteiger partial charge is 0.411 e. The van der Waals surface area contributed by atoms with E-state index in [4.69, 9.17) is 9.72 Å². The number of hydrogen-bond acceptors (Lipinski definition) is 7. The van der Waals surface area contributed by atoms with Crippen molar-refractivity contribution in [3.05, 3.63) is 71.3 Å². The number of aliphatic hydroxyl groups is 1. The maximum Gasteiger partial charge on any atom is 0.411 e. The van der Waals surface area contributed by atoms with E-state index in [-0.39, 0.29) is 19.1 Å². The van der Waals surface area contributed by atoms with Crippen LogP contribution >= 0.6 is 0 Å². The summed E-state index contributed by atoms with van der Waals surface area (Å²) in [7, 11) is 3.91. The number of aliphatic hydroxyl groups excluding tert-OH is 1. The van der Waals surface area contributed by atoms with Gasteiger partial charge in [0.2, 0.25) is 0 Å². The molecule has 0 saturated heterocycles. The van der Waals surface area contributed by atoms with Crippen LogP contribution in [0.3, 0.4) is 0 Å². The van der Waals surface area contributed by atoms with Crippen LogP contribution in [0.2, 0.25) is 0 Å². The van der Waals surface area contributed by atoms with Crippen LogP contribution in [0.1, 0.15) is 28.4 Å². The summed E-state index contributed by atoms with van der Waals surface area (Å²) < 4.78 is 5.00. The number of likely N-dealkylation sites (N-methyl/N-ethyl adjacent to an activating group) is 1. The lowest BCUT2D eigenvalue weighted by Crippen LogP contribution is -2.31. The maximum absolute atomic E-state index is 13.1. The molecule has 0 atom stereocenters. The topological polar surface area (TPSA) is 116 Å². The van der Waals surface area contributed by atoms with Crippen molar-refractivity contribution < 1.29 is 19.4 Å². The van der Waals surface area contributed by atoms with E-state index in [0.717, 1.165) is 34.1 Å². The molecule has 0 fully saturated rings. The quantitative estimate of drug-likeness (QED) is 0.237. The number of nitrogens with zero attached hydrogens (tertiary/aromatic N) is 2. The summed E-state index contributed by atoms with van der Waals surface area (Å²) in [5.41, 5.74) is 5.35. The Labute approximate surface area is 221 Å². The molecule has 0 unspecified atom stereocenters. The molecule has 1 aromatic heterocycles. The van der Waals surface area contributed by atoms with Gasteiger partial charge < -0.3 is 25.4 Å². The molecule has 3 aromatic carbocycles. The third-order valence-electron chi connectivity index (χ3n) is 6.09. The second-order valence-electron chi connectivity index (χ2n) is 9.27. The lowest BCUT2D eigenvalue weighted by atomic mass is 10.0. The second-order valence-corrected chi connectivity index (χ2v) is 9.27. The Kier molecular flexibility index (Phi) is 8.40. The Hall–Kier alpha value is -4.21. The predicted molar refractivity (Wildman–Crippen MR) is 151 cm³/mol. The summed E-state index contributed by atoms with van der Waals surface area (Å²) >= 11 is 0. The lowest BCUT2D eigenvalue weighted by molar-refractivity contribution is 0.0952. The molecule has 38 heavy (non-hydrogen) atoms. The third kappa shape index (κ3) is 6.01. The number of benzene rings is 3. The van der Waals surface area contributed by atoms with Crippen molar-refractivity contribution in [2.75, 3.05) is 44.4 Å². The number of ether oxygens (including phenoxy) is 1. The standard InChI is InChI=1S/C29H33N5O4/c1-5-38-29(37)32-21-15-19(17-35)14-20(16-21)31-26-22-9-6-8-18(2)25(22)33-27-23(26)10-7-11-24(27)28(36)30-12-13-34(3)4/h6-11,14-16,35H,5,12-13,17H2,1-4H3,(H,30,36)(H,31,33)(H,32,37). The molecule has 0 bridgehead atoms. The van der Waals surface area contributed by atoms with E-state index < -0.39 is 6.09 Å². The molecule has 9 heteroatoms. The lowest BCUT2D eigenvalue weighted by Gasteiger charge is -2.17. The van der Waals surface area contributed by atoms with Gasteiger partial charge in [0.15, 0.2) is 0 Å². The Morgan fingerprint density at radius 3 is 2.42 bits per heavy atom. The van der Waals surface area contributed by atoms with E-state index in [1.54, 1.807) is 25.1 Å². The van der Waals surface area contributed by atoms with Gasteiger partial charge in [-0.25, -0.2) is 9.78 Å². The summed E-state index contributed by atoms with van der Waals surface area (Å²) in [4.78, 5) is 32.1. The zero-order valence-corrected chi connectivity index (χ0v) is 22.1. The van der Waals surface area contributed by atoms with Crippen molar-refractivity contribution in [3.63, 3.8) is 0 Å². The van der Waals surface area contributed by atoms with Gasteiger partial charge in [-0.05, 0) is 63.3 Å². The highest BCUT2D eigenvalue weighted by molar-refractivity contribution is 6.15. The minimum Gasteiger partial charge on any atom is -0.450 e. The fourth-order valence-corrected chi connectivity index (χ4v) is 4.29. The van der Waals surface area contributed by atoms with Crippen molar-refractivity contribution >= 4 is 50.9 Å². The largest absolute Gasteiger partial charge is 0.450 e. The Bertz CT molecular complexity index is 1490. The maximum atomic E-state index is 13.1. The van der Waals surface area contributed by atoms with Gasteiger partial charge in [0.05, 0.1) is 35.5 Å². The van der Waals surface area contributed by atoms with Crippen molar-refractivity contribution in [2.45, 2.75) is 20.5 Å². The summed E-state index contributed by atoms with van der Waals surface area (Å²) in [6.07, 6.45) is -0.575. The van der Waals surface area contributed by atoms with Gasteiger partial charge >= 0.3 is 6.09 Å². The molecule has 4 rings (SSSR count). The van der Waals surface area contributed by atoms with Crippen LogP contribution in [0.4, 0.5) is 21.9 Å². The van der Waals surface area contributed by atoms with Crippen molar-refractivity contribution in [2.24, 2.45) is 0 Å². The van der Waals surface area contributed by atoms with Crippen LogP contribution < -0.4 is 16.0 Å². The monoisotopic (exact) mass is 515 g/mol. The van der Waals surface area contributed by atoms with Crippen molar-refractivity contribution in [1.82, 2.24) is 15.2 Å². The normalized spacial score (nSPS) is 11.1. The fourth-order valence-electron chi connectivity index (χ4n) is 4.29. The van der Waals surface area contributed by atoms with Gasteiger partial charge in [0.1, 0.15) is 0 Å². The highest BCUT2D eigenvalue weighted by Crippen LogP contribution is 2.36. The number of aryl methyl sites for hydroxylation is 1. The molecule has 4 aromatic rings. The summed E-state index contributed by atoms with van der Waals surface area (Å²) in [5, 5.41) is 20.7. The highest BCUT2D eigenvalue weighted by Gasteiger charge is 2.17. The number of anilines is 3. The van der Waals surface area contributed by atoms with Crippen LogP contribution in [0.15, 0.2) is 54.6 Å². The van der Waals surface area contributed by atoms with Gasteiger partial charge in [-0.15, -0.1) is 0 Å². The first-order chi connectivity index (χ1) is 18.3. The molecule has 1 heterocycles. The van der Waals surface area contributed by atoms with Crippen LogP contribution in [-0.2, 0) is 11.3 Å². The van der Waals surface area contributed by atoms with E-state index >= 15 is 0 Å². The predicted octanol–water partition coefficient (Wildman–Crippen LogP) is 4.79. The number of pyridine rings is 1. The van der Waals surface area contributed by atoms with Gasteiger partial charge in [-0.2, -0.15) is 0 Å². The number of aromatic nitrogens is 1. The SMILES string of the molecule is CCOC(=O)Nc1cc(CO)cc(Nc2c3cccc(C)c3nc3c(C(=O)NCCN(C)C)cccc23)c1. The van der Waals surface area contributed by atoms with E-state index in [9.17, 15) is 14.7 Å². The van der Waals surface area contributed by atoms with Crippen LogP contribution in [0.5, 0.6) is 0 Å². The molecule has 0 radical (unpaired) electrons. The van der Waals surface area contributed by atoms with E-state index in [0.29, 0.717) is 34.6 Å². The summed E-state index contributed by atoms with van der Waals surface area (Å²) in [5.74, 6) is -0.188. The minimum atomic E-state index is -0.575. The molecule has 0 saturated carbocycles. The summed E-state index contributed by atoms with van der Waals surface area (Å²) in [6.45, 7) is 5.00. The molecule has 4 N–H and O–H groups in total. The molecule has 198 valence electrons. The average molecular weight is 516 g/mol. The number of carbonyl (C=O) groups is 2. The van der Waals surface area contributed by atoms with Crippen LogP contribution in [-0.4, -0.2) is 60.8 Å². The minimum absolute atomic E-state index is 0.188. The van der Waals surface area contributed by atoms with Crippen molar-refractivity contribution in [3.8, 4) is 0 Å². The number of fused-ring (bicyclic) bond motifs is 2. The molecular weight excluding hydrogens is 482 g/mol. The number of para-hydroxylation sites is 2. The first-order valence-corrected chi connectivity index (χ1v) is 12.5. The Morgan fingerprint density at radius 1 is 1.00 bits per heavy atom. The van der Waals surface area contributed by atoms with E-state index in [2.05, 4.69) is 16.0 Å². The molecule has 0 spiro atoms. The van der Waals surface area contributed by atoms with Crippen LogP contribution in [0, 0.1) is 6.92 Å². The number of amides is 2. The molecule has 0 aliphatic rings. The number of nitrogens with one attached hydrogen (secondary N) is 3.